The van der Waals surface area contributed by atoms with Crippen molar-refractivity contribution in [2.75, 3.05) is 6.61 Å². The van der Waals surface area contributed by atoms with E-state index in [-0.39, 0.29) is 30.1 Å². The monoisotopic (exact) mass is 298 g/mol. The van der Waals surface area contributed by atoms with E-state index >= 15 is 0 Å². The Morgan fingerprint density at radius 1 is 1.33 bits per heavy atom. The molecule has 0 saturated carbocycles. The normalized spacial score (nSPS) is 14.6. The van der Waals surface area contributed by atoms with Crippen LogP contribution in [0.4, 0.5) is 4.79 Å². The molecule has 0 aliphatic rings. The van der Waals surface area contributed by atoms with Gasteiger partial charge in [-0.2, -0.15) is 4.98 Å². The van der Waals surface area contributed by atoms with Crippen LogP contribution in [0, 0.1) is 0 Å². The maximum absolute atomic E-state index is 11.8. The first kappa shape index (κ1) is 17.4. The first-order valence-corrected chi connectivity index (χ1v) is 7.26. The van der Waals surface area contributed by atoms with Gasteiger partial charge in [0.2, 0.25) is 5.89 Å². The highest BCUT2D eigenvalue weighted by Gasteiger charge is 2.23. The van der Waals surface area contributed by atoms with Crippen molar-refractivity contribution >= 4 is 6.03 Å². The summed E-state index contributed by atoms with van der Waals surface area (Å²) in [4.78, 5) is 16.1. The van der Waals surface area contributed by atoms with Crippen molar-refractivity contribution in [2.24, 2.45) is 0 Å². The molecule has 2 amide bonds. The Bertz CT molecular complexity index is 453. The van der Waals surface area contributed by atoms with Crippen molar-refractivity contribution in [3.8, 4) is 0 Å². The minimum absolute atomic E-state index is 0.00262. The second kappa shape index (κ2) is 7.40. The summed E-state index contributed by atoms with van der Waals surface area (Å²) in [6, 6.07) is -0.653. The Morgan fingerprint density at radius 3 is 2.52 bits per heavy atom. The van der Waals surface area contributed by atoms with E-state index in [9.17, 15) is 4.79 Å². The van der Waals surface area contributed by atoms with Crippen LogP contribution >= 0.6 is 0 Å². The van der Waals surface area contributed by atoms with Gasteiger partial charge in [0.05, 0.1) is 0 Å². The van der Waals surface area contributed by atoms with Crippen LogP contribution < -0.4 is 10.6 Å². The Morgan fingerprint density at radius 2 is 2.00 bits per heavy atom. The fraction of sp³-hybridized carbons (Fsp3) is 0.786. The minimum Gasteiger partial charge on any atom is -0.396 e. The van der Waals surface area contributed by atoms with Crippen LogP contribution in [0.3, 0.4) is 0 Å². The molecule has 1 aromatic rings. The standard InChI is InChI=1S/C14H26N4O3/c1-9(7-6-8-19)15-13(20)16-10(2)11-17-12(18-21-11)14(3,4)5/h9-10,19H,6-8H2,1-5H3,(H2,15,16,20). The summed E-state index contributed by atoms with van der Waals surface area (Å²) in [5.74, 6) is 1.00. The predicted molar refractivity (Wildman–Crippen MR) is 78.9 cm³/mol. The van der Waals surface area contributed by atoms with E-state index in [1.165, 1.54) is 0 Å². The molecule has 0 aliphatic heterocycles. The summed E-state index contributed by atoms with van der Waals surface area (Å²) in [5.41, 5.74) is -0.192. The fourth-order valence-electron chi connectivity index (χ4n) is 1.71. The molecule has 2 unspecified atom stereocenters. The highest BCUT2D eigenvalue weighted by atomic mass is 16.5. The smallest absolute Gasteiger partial charge is 0.315 e. The molecule has 7 nitrogen and oxygen atoms in total. The van der Waals surface area contributed by atoms with E-state index in [4.69, 9.17) is 9.63 Å². The van der Waals surface area contributed by atoms with E-state index in [1.54, 1.807) is 6.92 Å². The van der Waals surface area contributed by atoms with E-state index in [0.717, 1.165) is 6.42 Å². The molecule has 0 aliphatic carbocycles. The number of aromatic nitrogens is 2. The third-order valence-electron chi connectivity index (χ3n) is 3.00. The van der Waals surface area contributed by atoms with Gasteiger partial charge in [0, 0.05) is 18.1 Å². The summed E-state index contributed by atoms with van der Waals surface area (Å²) in [7, 11) is 0. The summed E-state index contributed by atoms with van der Waals surface area (Å²) < 4.78 is 5.19. The van der Waals surface area contributed by atoms with Crippen molar-refractivity contribution < 1.29 is 14.4 Å². The zero-order valence-electron chi connectivity index (χ0n) is 13.4. The lowest BCUT2D eigenvalue weighted by Crippen LogP contribution is -2.41. The number of amides is 2. The summed E-state index contributed by atoms with van der Waals surface area (Å²) >= 11 is 0. The molecule has 21 heavy (non-hydrogen) atoms. The average Bonchev–Trinajstić information content (AvgIpc) is 2.85. The molecule has 0 spiro atoms. The molecule has 1 aromatic heterocycles. The second-order valence-corrected chi connectivity index (χ2v) is 6.31. The highest BCUT2D eigenvalue weighted by molar-refractivity contribution is 5.74. The summed E-state index contributed by atoms with van der Waals surface area (Å²) in [5, 5.41) is 18.2. The summed E-state index contributed by atoms with van der Waals surface area (Å²) in [6.45, 7) is 9.80. The molecule has 120 valence electrons. The molecule has 0 fully saturated rings. The summed E-state index contributed by atoms with van der Waals surface area (Å²) in [6.07, 6.45) is 1.39. The van der Waals surface area contributed by atoms with Gasteiger partial charge in [0.1, 0.15) is 6.04 Å². The third-order valence-corrected chi connectivity index (χ3v) is 3.00. The van der Waals surface area contributed by atoms with E-state index in [1.807, 2.05) is 27.7 Å². The van der Waals surface area contributed by atoms with Gasteiger partial charge in [-0.1, -0.05) is 25.9 Å². The molecule has 0 bridgehead atoms. The quantitative estimate of drug-likeness (QED) is 0.744. The molecule has 0 saturated heterocycles. The first-order chi connectivity index (χ1) is 9.74. The largest absolute Gasteiger partial charge is 0.396 e. The zero-order chi connectivity index (χ0) is 16.0. The van der Waals surface area contributed by atoms with Crippen LogP contribution in [-0.2, 0) is 5.41 Å². The number of nitrogens with zero attached hydrogens (tertiary/aromatic N) is 2. The molecule has 0 aromatic carbocycles. The van der Waals surface area contributed by atoms with Crippen molar-refractivity contribution in [2.45, 2.75) is 65.0 Å². The lowest BCUT2D eigenvalue weighted by Gasteiger charge is -2.16. The lowest BCUT2D eigenvalue weighted by molar-refractivity contribution is 0.228. The van der Waals surface area contributed by atoms with Gasteiger partial charge >= 0.3 is 6.03 Å². The molecule has 0 radical (unpaired) electrons. The van der Waals surface area contributed by atoms with E-state index in [0.29, 0.717) is 18.1 Å². The molecule has 1 rings (SSSR count). The number of urea groups is 1. The van der Waals surface area contributed by atoms with Crippen LogP contribution in [-0.4, -0.2) is 33.9 Å². The number of aliphatic hydroxyl groups excluding tert-OH is 1. The van der Waals surface area contributed by atoms with Gasteiger partial charge in [0.15, 0.2) is 5.82 Å². The Kier molecular flexibility index (Phi) is 6.14. The average molecular weight is 298 g/mol. The lowest BCUT2D eigenvalue weighted by atomic mass is 9.96. The molecule has 2 atom stereocenters. The van der Waals surface area contributed by atoms with Crippen molar-refractivity contribution in [3.05, 3.63) is 11.7 Å². The topological polar surface area (TPSA) is 100 Å². The first-order valence-electron chi connectivity index (χ1n) is 7.26. The maximum Gasteiger partial charge on any atom is 0.315 e. The zero-order valence-corrected chi connectivity index (χ0v) is 13.4. The predicted octanol–water partition coefficient (Wildman–Crippen LogP) is 1.89. The number of nitrogens with one attached hydrogen (secondary N) is 2. The fourth-order valence-corrected chi connectivity index (χ4v) is 1.71. The Balaban J connectivity index is 2.51. The van der Waals surface area contributed by atoms with Crippen LogP contribution in [0.5, 0.6) is 0 Å². The number of rotatable bonds is 6. The van der Waals surface area contributed by atoms with Gasteiger partial charge < -0.3 is 20.3 Å². The van der Waals surface area contributed by atoms with Crippen LogP contribution in [0.25, 0.3) is 0 Å². The minimum atomic E-state index is -0.362. The maximum atomic E-state index is 11.8. The molecule has 7 heteroatoms. The van der Waals surface area contributed by atoms with Crippen molar-refractivity contribution in [1.29, 1.82) is 0 Å². The van der Waals surface area contributed by atoms with Crippen molar-refractivity contribution in [3.63, 3.8) is 0 Å². The van der Waals surface area contributed by atoms with Gasteiger partial charge in [-0.05, 0) is 26.7 Å². The highest BCUT2D eigenvalue weighted by Crippen LogP contribution is 2.20. The van der Waals surface area contributed by atoms with Crippen LogP contribution in [0.15, 0.2) is 4.52 Å². The van der Waals surface area contributed by atoms with Gasteiger partial charge in [0.25, 0.3) is 0 Å². The SMILES string of the molecule is CC(CCCO)NC(=O)NC(C)c1nc(C(C)(C)C)no1. The molecule has 1 heterocycles. The molecule has 3 N–H and O–H groups in total. The number of hydrogen-bond acceptors (Lipinski definition) is 5. The van der Waals surface area contributed by atoms with Crippen LogP contribution in [0.2, 0.25) is 0 Å². The van der Waals surface area contributed by atoms with E-state index in [2.05, 4.69) is 20.8 Å². The van der Waals surface area contributed by atoms with Crippen LogP contribution in [0.1, 0.15) is 65.2 Å². The Hall–Kier alpha value is -1.63. The number of aliphatic hydroxyl groups is 1. The second-order valence-electron chi connectivity index (χ2n) is 6.31. The Labute approximate surface area is 125 Å². The van der Waals surface area contributed by atoms with Gasteiger partial charge in [-0.25, -0.2) is 4.79 Å². The third kappa shape index (κ3) is 5.71. The number of carbonyl (C=O) groups excluding carboxylic acids is 1. The number of hydrogen-bond donors (Lipinski definition) is 3. The molecular weight excluding hydrogens is 272 g/mol. The molecular formula is C14H26N4O3. The number of carbonyl (C=O) groups is 1. The van der Waals surface area contributed by atoms with Gasteiger partial charge in [-0.3, -0.25) is 0 Å². The van der Waals surface area contributed by atoms with E-state index < -0.39 is 0 Å². The van der Waals surface area contributed by atoms with Gasteiger partial charge in [-0.15, -0.1) is 0 Å². The van der Waals surface area contributed by atoms with Crippen molar-refractivity contribution in [1.82, 2.24) is 20.8 Å².